The van der Waals surface area contributed by atoms with Crippen molar-refractivity contribution in [2.75, 3.05) is 14.2 Å². The van der Waals surface area contributed by atoms with E-state index < -0.39 is 0 Å². The first kappa shape index (κ1) is 13.9. The van der Waals surface area contributed by atoms with Gasteiger partial charge in [0.25, 0.3) is 0 Å². The van der Waals surface area contributed by atoms with Crippen LogP contribution in [0.1, 0.15) is 21.5 Å². The van der Waals surface area contributed by atoms with Crippen molar-refractivity contribution in [2.24, 2.45) is 0 Å². The van der Waals surface area contributed by atoms with Gasteiger partial charge in [0.1, 0.15) is 5.75 Å². The van der Waals surface area contributed by atoms with Crippen LogP contribution in [0.4, 0.5) is 0 Å². The fourth-order valence-electron chi connectivity index (χ4n) is 1.87. The van der Waals surface area contributed by atoms with Crippen molar-refractivity contribution in [1.82, 2.24) is 0 Å². The van der Waals surface area contributed by atoms with Crippen molar-refractivity contribution in [3.63, 3.8) is 0 Å². The summed E-state index contributed by atoms with van der Waals surface area (Å²) in [6.07, 6.45) is 3.82. The lowest BCUT2D eigenvalue weighted by Crippen LogP contribution is -2.02. The van der Waals surface area contributed by atoms with Crippen LogP contribution in [0.3, 0.4) is 0 Å². The number of carbonyl (C=O) groups is 1. The number of ether oxygens (including phenoxy) is 2. The average molecular weight is 268 g/mol. The van der Waals surface area contributed by atoms with Crippen LogP contribution in [0.2, 0.25) is 0 Å². The summed E-state index contributed by atoms with van der Waals surface area (Å²) >= 11 is 0. The lowest BCUT2D eigenvalue weighted by molar-refractivity contribution is 0.0600. The molecule has 102 valence electrons. The molecule has 3 nitrogen and oxygen atoms in total. The Balaban J connectivity index is 2.29. The number of hydrogen-bond acceptors (Lipinski definition) is 3. The van der Waals surface area contributed by atoms with Crippen LogP contribution in [0.5, 0.6) is 5.75 Å². The Bertz CT molecular complexity index is 630. The Morgan fingerprint density at radius 1 is 1.00 bits per heavy atom. The van der Waals surface area contributed by atoms with E-state index in [4.69, 9.17) is 9.47 Å². The molecule has 0 bridgehead atoms. The molecule has 0 radical (unpaired) electrons. The molecule has 0 aliphatic carbocycles. The van der Waals surface area contributed by atoms with Crippen LogP contribution in [0.15, 0.2) is 48.5 Å². The van der Waals surface area contributed by atoms with Gasteiger partial charge < -0.3 is 9.47 Å². The summed E-state index contributed by atoms with van der Waals surface area (Å²) in [7, 11) is 3.01. The molecule has 0 aromatic heterocycles. The zero-order chi connectivity index (χ0) is 14.4. The standard InChI is InChI=1S/C17H16O3/c1-19-15-8-5-6-13(12-15)10-11-14-7-3-4-9-16(14)17(18)20-2/h3-12H,1-2H3. The molecule has 0 atom stereocenters. The maximum absolute atomic E-state index is 11.7. The first-order chi connectivity index (χ1) is 9.74. The first-order valence-electron chi connectivity index (χ1n) is 6.24. The highest BCUT2D eigenvalue weighted by atomic mass is 16.5. The Morgan fingerprint density at radius 3 is 2.55 bits per heavy atom. The number of esters is 1. The molecule has 0 N–H and O–H groups in total. The SMILES string of the molecule is COC(=O)c1ccccc1C=Cc1cccc(OC)c1. The van der Waals surface area contributed by atoms with Gasteiger partial charge in [0, 0.05) is 0 Å². The van der Waals surface area contributed by atoms with Crippen molar-refractivity contribution in [2.45, 2.75) is 0 Å². The van der Waals surface area contributed by atoms with E-state index in [0.29, 0.717) is 5.56 Å². The number of methoxy groups -OCH3 is 2. The lowest BCUT2D eigenvalue weighted by atomic mass is 10.1. The molecule has 2 aromatic carbocycles. The molecule has 2 rings (SSSR count). The van der Waals surface area contributed by atoms with Crippen LogP contribution in [-0.4, -0.2) is 20.2 Å². The van der Waals surface area contributed by atoms with Gasteiger partial charge in [-0.15, -0.1) is 0 Å². The normalized spacial score (nSPS) is 10.5. The second kappa shape index (κ2) is 6.57. The fourth-order valence-corrected chi connectivity index (χ4v) is 1.87. The molecule has 0 saturated heterocycles. The first-order valence-corrected chi connectivity index (χ1v) is 6.24. The molecule has 0 aliphatic heterocycles. The predicted octanol–water partition coefficient (Wildman–Crippen LogP) is 3.65. The van der Waals surface area contributed by atoms with Gasteiger partial charge in [0.15, 0.2) is 0 Å². The van der Waals surface area contributed by atoms with E-state index in [1.54, 1.807) is 13.2 Å². The van der Waals surface area contributed by atoms with Crippen molar-refractivity contribution in [3.05, 3.63) is 65.2 Å². The molecule has 0 aliphatic rings. The lowest BCUT2D eigenvalue weighted by Gasteiger charge is -2.04. The van der Waals surface area contributed by atoms with Gasteiger partial charge in [-0.25, -0.2) is 4.79 Å². The molecular weight excluding hydrogens is 252 g/mol. The molecule has 3 heteroatoms. The fraction of sp³-hybridized carbons (Fsp3) is 0.118. The monoisotopic (exact) mass is 268 g/mol. The van der Waals surface area contributed by atoms with Gasteiger partial charge in [-0.1, -0.05) is 42.5 Å². The maximum Gasteiger partial charge on any atom is 0.338 e. The van der Waals surface area contributed by atoms with Gasteiger partial charge in [0.2, 0.25) is 0 Å². The van der Waals surface area contributed by atoms with Gasteiger partial charge in [0.05, 0.1) is 19.8 Å². The van der Waals surface area contributed by atoms with Crippen LogP contribution >= 0.6 is 0 Å². The summed E-state index contributed by atoms with van der Waals surface area (Å²) in [5.41, 5.74) is 2.38. The zero-order valence-corrected chi connectivity index (χ0v) is 11.5. The summed E-state index contributed by atoms with van der Waals surface area (Å²) in [5.74, 6) is 0.462. The third kappa shape index (κ3) is 3.26. The van der Waals surface area contributed by atoms with Crippen molar-refractivity contribution in [1.29, 1.82) is 0 Å². The zero-order valence-electron chi connectivity index (χ0n) is 11.5. The minimum absolute atomic E-state index is 0.337. The van der Waals surface area contributed by atoms with E-state index in [1.807, 2.05) is 54.6 Å². The summed E-state index contributed by atoms with van der Waals surface area (Å²) in [4.78, 5) is 11.7. The Morgan fingerprint density at radius 2 is 1.80 bits per heavy atom. The third-order valence-corrected chi connectivity index (χ3v) is 2.92. The molecule has 20 heavy (non-hydrogen) atoms. The van der Waals surface area contributed by atoms with E-state index in [-0.39, 0.29) is 5.97 Å². The second-order valence-corrected chi connectivity index (χ2v) is 4.19. The quantitative estimate of drug-likeness (QED) is 0.627. The van der Waals surface area contributed by atoms with Gasteiger partial charge in [-0.3, -0.25) is 0 Å². The van der Waals surface area contributed by atoms with E-state index >= 15 is 0 Å². The van der Waals surface area contributed by atoms with Crippen molar-refractivity contribution in [3.8, 4) is 5.75 Å². The highest BCUT2D eigenvalue weighted by Crippen LogP contribution is 2.17. The minimum atomic E-state index is -0.337. The molecule has 0 saturated carbocycles. The molecule has 0 spiro atoms. The predicted molar refractivity (Wildman–Crippen MR) is 79.7 cm³/mol. The van der Waals surface area contributed by atoms with Gasteiger partial charge >= 0.3 is 5.97 Å². The minimum Gasteiger partial charge on any atom is -0.497 e. The smallest absolute Gasteiger partial charge is 0.338 e. The van der Waals surface area contributed by atoms with Crippen molar-refractivity contribution < 1.29 is 14.3 Å². The van der Waals surface area contributed by atoms with Gasteiger partial charge in [-0.05, 0) is 29.3 Å². The molecule has 0 unspecified atom stereocenters. The molecular formula is C17H16O3. The summed E-state index contributed by atoms with van der Waals surface area (Å²) in [6, 6.07) is 15.0. The Hall–Kier alpha value is -2.55. The Kier molecular flexibility index (Phi) is 4.56. The van der Waals surface area contributed by atoms with Crippen LogP contribution in [-0.2, 0) is 4.74 Å². The number of carbonyl (C=O) groups excluding carboxylic acids is 1. The van der Waals surface area contributed by atoms with Crippen LogP contribution < -0.4 is 4.74 Å². The molecule has 0 amide bonds. The maximum atomic E-state index is 11.7. The number of rotatable bonds is 4. The van der Waals surface area contributed by atoms with E-state index in [2.05, 4.69) is 0 Å². The topological polar surface area (TPSA) is 35.5 Å². The molecule has 2 aromatic rings. The summed E-state index contributed by atoms with van der Waals surface area (Å²) < 4.78 is 9.95. The van der Waals surface area contributed by atoms with Crippen LogP contribution in [0.25, 0.3) is 12.2 Å². The largest absolute Gasteiger partial charge is 0.497 e. The van der Waals surface area contributed by atoms with E-state index in [0.717, 1.165) is 16.9 Å². The molecule has 0 heterocycles. The molecule has 0 fully saturated rings. The summed E-state index contributed by atoms with van der Waals surface area (Å²) in [6.45, 7) is 0. The highest BCUT2D eigenvalue weighted by molar-refractivity contribution is 5.94. The van der Waals surface area contributed by atoms with Crippen LogP contribution in [0, 0.1) is 0 Å². The van der Waals surface area contributed by atoms with Gasteiger partial charge in [-0.2, -0.15) is 0 Å². The van der Waals surface area contributed by atoms with E-state index in [9.17, 15) is 4.79 Å². The summed E-state index contributed by atoms with van der Waals surface area (Å²) in [5, 5.41) is 0. The number of hydrogen-bond donors (Lipinski definition) is 0. The highest BCUT2D eigenvalue weighted by Gasteiger charge is 2.08. The second-order valence-electron chi connectivity index (χ2n) is 4.19. The Labute approximate surface area is 118 Å². The van der Waals surface area contributed by atoms with E-state index in [1.165, 1.54) is 7.11 Å². The third-order valence-electron chi connectivity index (χ3n) is 2.92. The average Bonchev–Trinajstić information content (AvgIpc) is 2.52. The van der Waals surface area contributed by atoms with Crippen molar-refractivity contribution >= 4 is 18.1 Å². The number of benzene rings is 2.